The molecule has 1 aromatic rings. The van der Waals surface area contributed by atoms with Crippen LogP contribution >= 0.6 is 0 Å². The number of hydrogen-bond donors (Lipinski definition) is 0. The number of carbonyl (C=O) groups excluding carboxylic acids is 1. The van der Waals surface area contributed by atoms with E-state index in [2.05, 4.69) is 10.3 Å². The van der Waals surface area contributed by atoms with E-state index < -0.39 is 5.54 Å². The maximum atomic E-state index is 11.4. The van der Waals surface area contributed by atoms with Gasteiger partial charge in [0.15, 0.2) is 11.3 Å². The largest absolute Gasteiger partial charge is 0.297 e. The summed E-state index contributed by atoms with van der Waals surface area (Å²) in [6.45, 7) is 4.65. The van der Waals surface area contributed by atoms with E-state index >= 15 is 0 Å². The Morgan fingerprint density at radius 1 is 1.44 bits per heavy atom. The van der Waals surface area contributed by atoms with Gasteiger partial charge in [-0.1, -0.05) is 35.6 Å². The molecule has 84 valence electrons. The summed E-state index contributed by atoms with van der Waals surface area (Å²) in [5.41, 5.74) is 0.517. The van der Waals surface area contributed by atoms with Gasteiger partial charge < -0.3 is 0 Å². The van der Waals surface area contributed by atoms with Crippen LogP contribution in [0.25, 0.3) is 0 Å². The van der Waals surface area contributed by atoms with Crippen molar-refractivity contribution < 1.29 is 4.79 Å². The SMILES string of the molecule is CC(=O)C1(C)CN(Cc2ccccc2)N=N1. The molecule has 0 spiro atoms. The van der Waals surface area contributed by atoms with Crippen LogP contribution in [0.3, 0.4) is 0 Å². The second-order valence-corrected chi connectivity index (χ2v) is 4.33. The number of rotatable bonds is 3. The first-order valence-electron chi connectivity index (χ1n) is 5.33. The van der Waals surface area contributed by atoms with Crippen molar-refractivity contribution in [2.24, 2.45) is 10.3 Å². The van der Waals surface area contributed by atoms with Gasteiger partial charge in [0, 0.05) is 0 Å². The fourth-order valence-corrected chi connectivity index (χ4v) is 1.64. The molecular weight excluding hydrogens is 202 g/mol. The molecule has 1 aromatic carbocycles. The Kier molecular flexibility index (Phi) is 2.73. The Morgan fingerprint density at radius 3 is 2.69 bits per heavy atom. The van der Waals surface area contributed by atoms with Crippen LogP contribution in [0, 0.1) is 0 Å². The second kappa shape index (κ2) is 4.04. The van der Waals surface area contributed by atoms with Crippen LogP contribution < -0.4 is 0 Å². The number of ketones is 1. The van der Waals surface area contributed by atoms with Crippen LogP contribution in [0.15, 0.2) is 40.7 Å². The van der Waals surface area contributed by atoms with E-state index in [0.717, 1.165) is 0 Å². The van der Waals surface area contributed by atoms with Crippen molar-refractivity contribution in [1.82, 2.24) is 5.01 Å². The molecule has 2 rings (SSSR count). The van der Waals surface area contributed by atoms with Gasteiger partial charge in [-0.2, -0.15) is 5.11 Å². The van der Waals surface area contributed by atoms with Crippen molar-refractivity contribution in [3.05, 3.63) is 35.9 Å². The normalized spacial score (nSPS) is 23.8. The minimum Gasteiger partial charge on any atom is -0.297 e. The number of hydrogen-bond acceptors (Lipinski definition) is 4. The van der Waals surface area contributed by atoms with Gasteiger partial charge in [0.25, 0.3) is 0 Å². The third kappa shape index (κ3) is 2.10. The van der Waals surface area contributed by atoms with E-state index in [4.69, 9.17) is 0 Å². The summed E-state index contributed by atoms with van der Waals surface area (Å²) in [6.07, 6.45) is 0. The summed E-state index contributed by atoms with van der Waals surface area (Å²) in [5, 5.41) is 9.92. The topological polar surface area (TPSA) is 45.0 Å². The van der Waals surface area contributed by atoms with Crippen LogP contribution in [0.1, 0.15) is 19.4 Å². The second-order valence-electron chi connectivity index (χ2n) is 4.33. The molecule has 0 fully saturated rings. The van der Waals surface area contributed by atoms with E-state index in [1.165, 1.54) is 5.56 Å². The smallest absolute Gasteiger partial charge is 0.160 e. The lowest BCUT2D eigenvalue weighted by molar-refractivity contribution is -0.121. The molecule has 1 aliphatic heterocycles. The number of nitrogens with zero attached hydrogens (tertiary/aromatic N) is 3. The highest BCUT2D eigenvalue weighted by Crippen LogP contribution is 2.23. The minimum absolute atomic E-state index is 0.0619. The van der Waals surface area contributed by atoms with Gasteiger partial charge in [-0.05, 0) is 19.4 Å². The lowest BCUT2D eigenvalue weighted by Crippen LogP contribution is -2.37. The monoisotopic (exact) mass is 217 g/mol. The van der Waals surface area contributed by atoms with Gasteiger partial charge in [-0.3, -0.25) is 9.80 Å². The summed E-state index contributed by atoms with van der Waals surface area (Å²) in [7, 11) is 0. The van der Waals surface area contributed by atoms with Gasteiger partial charge in [-0.15, -0.1) is 0 Å². The standard InChI is InChI=1S/C12H15N3O/c1-10(16)12(2)9-15(14-13-12)8-11-6-4-3-5-7-11/h3-7H,8-9H2,1-2H3. The molecule has 1 unspecified atom stereocenters. The van der Waals surface area contributed by atoms with Gasteiger partial charge in [0.1, 0.15) is 0 Å². The number of benzene rings is 1. The van der Waals surface area contributed by atoms with Crippen LogP contribution in [0.5, 0.6) is 0 Å². The van der Waals surface area contributed by atoms with E-state index in [1.807, 2.05) is 42.3 Å². The van der Waals surface area contributed by atoms with Gasteiger partial charge >= 0.3 is 0 Å². The molecule has 1 aliphatic rings. The van der Waals surface area contributed by atoms with Crippen molar-refractivity contribution in [2.45, 2.75) is 25.9 Å². The zero-order valence-corrected chi connectivity index (χ0v) is 9.55. The molecule has 4 nitrogen and oxygen atoms in total. The zero-order chi connectivity index (χ0) is 11.6. The first-order valence-corrected chi connectivity index (χ1v) is 5.33. The molecule has 0 N–H and O–H groups in total. The van der Waals surface area contributed by atoms with E-state index in [-0.39, 0.29) is 5.78 Å². The Morgan fingerprint density at radius 2 is 2.12 bits per heavy atom. The molecule has 1 heterocycles. The van der Waals surface area contributed by atoms with Gasteiger partial charge in [0.05, 0.1) is 13.1 Å². The zero-order valence-electron chi connectivity index (χ0n) is 9.55. The Hall–Kier alpha value is -1.71. The quantitative estimate of drug-likeness (QED) is 0.779. The third-order valence-electron chi connectivity index (χ3n) is 2.85. The molecule has 0 saturated heterocycles. The van der Waals surface area contributed by atoms with Gasteiger partial charge in [0.2, 0.25) is 0 Å². The summed E-state index contributed by atoms with van der Waals surface area (Å²) in [6, 6.07) is 10.0. The van der Waals surface area contributed by atoms with Crippen molar-refractivity contribution in [3.63, 3.8) is 0 Å². The molecular formula is C12H15N3O. The van der Waals surface area contributed by atoms with Crippen LogP contribution in [-0.4, -0.2) is 22.9 Å². The van der Waals surface area contributed by atoms with Crippen LogP contribution in [0.4, 0.5) is 0 Å². The summed E-state index contributed by atoms with van der Waals surface area (Å²) < 4.78 is 0. The highest BCUT2D eigenvalue weighted by atomic mass is 16.1. The first-order chi connectivity index (χ1) is 7.60. The lowest BCUT2D eigenvalue weighted by Gasteiger charge is -2.18. The van der Waals surface area contributed by atoms with Crippen molar-refractivity contribution in [2.75, 3.05) is 6.54 Å². The maximum Gasteiger partial charge on any atom is 0.160 e. The fourth-order valence-electron chi connectivity index (χ4n) is 1.64. The molecule has 0 radical (unpaired) electrons. The van der Waals surface area contributed by atoms with E-state index in [9.17, 15) is 4.79 Å². The lowest BCUT2D eigenvalue weighted by atomic mass is 9.99. The van der Waals surface area contributed by atoms with E-state index in [0.29, 0.717) is 13.1 Å². The number of Topliss-reactive ketones (excluding diaryl/α,β-unsaturated/α-hetero) is 1. The predicted octanol–water partition coefficient (Wildman–Crippen LogP) is 2.22. The Balaban J connectivity index is 2.01. The van der Waals surface area contributed by atoms with Crippen molar-refractivity contribution >= 4 is 5.78 Å². The predicted molar refractivity (Wildman–Crippen MR) is 60.8 cm³/mol. The average Bonchev–Trinajstić information content (AvgIpc) is 2.63. The molecule has 0 bridgehead atoms. The highest BCUT2D eigenvalue weighted by Gasteiger charge is 2.36. The molecule has 4 heteroatoms. The Labute approximate surface area is 95.0 Å². The molecule has 16 heavy (non-hydrogen) atoms. The molecule has 0 amide bonds. The summed E-state index contributed by atoms with van der Waals surface area (Å²) >= 11 is 0. The molecule has 0 aromatic heterocycles. The highest BCUT2D eigenvalue weighted by molar-refractivity contribution is 5.86. The van der Waals surface area contributed by atoms with Crippen LogP contribution in [-0.2, 0) is 11.3 Å². The maximum absolute atomic E-state index is 11.4. The fraction of sp³-hybridized carbons (Fsp3) is 0.417. The third-order valence-corrected chi connectivity index (χ3v) is 2.85. The average molecular weight is 217 g/mol. The molecule has 0 saturated carbocycles. The first kappa shape index (κ1) is 10.8. The van der Waals surface area contributed by atoms with E-state index in [1.54, 1.807) is 6.92 Å². The minimum atomic E-state index is -0.658. The number of carbonyl (C=O) groups is 1. The Bertz CT molecular complexity index is 416. The van der Waals surface area contributed by atoms with Crippen LogP contribution in [0.2, 0.25) is 0 Å². The summed E-state index contributed by atoms with van der Waals surface area (Å²) in [4.78, 5) is 11.4. The molecule has 0 aliphatic carbocycles. The molecule has 1 atom stereocenters. The van der Waals surface area contributed by atoms with Crippen molar-refractivity contribution in [3.8, 4) is 0 Å². The van der Waals surface area contributed by atoms with Crippen molar-refractivity contribution in [1.29, 1.82) is 0 Å². The van der Waals surface area contributed by atoms with Gasteiger partial charge in [-0.25, -0.2) is 0 Å². The summed E-state index contributed by atoms with van der Waals surface area (Å²) in [5.74, 6) is 0.0619.